The highest BCUT2D eigenvalue weighted by Crippen LogP contribution is 2.29. The van der Waals surface area contributed by atoms with Crippen LogP contribution in [0, 0.1) is 0 Å². The maximum atomic E-state index is 11.9. The molecule has 0 aromatic heterocycles. The van der Waals surface area contributed by atoms with E-state index in [-0.39, 0.29) is 17.9 Å². The molecule has 0 heterocycles. The van der Waals surface area contributed by atoms with Crippen LogP contribution in [0.1, 0.15) is 49.5 Å². The highest BCUT2D eigenvalue weighted by Gasteiger charge is 2.21. The maximum Gasteiger partial charge on any atom is 0.163 e. The third-order valence-corrected chi connectivity index (χ3v) is 3.70. The lowest BCUT2D eigenvalue weighted by molar-refractivity contribution is -0.722. The second-order valence-electron chi connectivity index (χ2n) is 6.83. The van der Waals surface area contributed by atoms with Gasteiger partial charge in [-0.05, 0) is 39.7 Å². The van der Waals surface area contributed by atoms with Crippen LogP contribution in [0.15, 0.2) is 18.2 Å². The minimum absolute atomic E-state index is 0.0965. The van der Waals surface area contributed by atoms with Gasteiger partial charge in [0.2, 0.25) is 0 Å². The van der Waals surface area contributed by atoms with Gasteiger partial charge in [0, 0.05) is 17.5 Å². The highest BCUT2D eigenvalue weighted by atomic mass is 16.5. The zero-order valence-corrected chi connectivity index (χ0v) is 13.2. The third-order valence-electron chi connectivity index (χ3n) is 3.70. The number of hydrogen-bond acceptors (Lipinski definition) is 3. The first-order valence-electron chi connectivity index (χ1n) is 7.67. The molecule has 0 fully saturated rings. The molecule has 1 atom stereocenters. The molecule has 1 aliphatic carbocycles. The highest BCUT2D eigenvalue weighted by molar-refractivity contribution is 5.99. The van der Waals surface area contributed by atoms with Gasteiger partial charge in [0.05, 0.1) is 5.54 Å². The molecule has 4 nitrogen and oxygen atoms in total. The molecule has 0 unspecified atom stereocenters. The van der Waals surface area contributed by atoms with E-state index in [0.29, 0.717) is 13.0 Å². The SMILES string of the molecule is CC(C)(C)[NH2+]C[C@H](O)COc1cccc2c1CCCC2=O. The number of benzene rings is 1. The number of hydrogen-bond donors (Lipinski definition) is 2. The largest absolute Gasteiger partial charge is 0.490 e. The molecule has 2 rings (SSSR count). The minimum atomic E-state index is -0.514. The van der Waals surface area contributed by atoms with E-state index < -0.39 is 6.10 Å². The number of aliphatic hydroxyl groups excluding tert-OH is 1. The summed E-state index contributed by atoms with van der Waals surface area (Å²) in [6, 6.07) is 5.61. The average Bonchev–Trinajstić information content (AvgIpc) is 2.42. The van der Waals surface area contributed by atoms with Gasteiger partial charge in [-0.2, -0.15) is 0 Å². The molecule has 0 radical (unpaired) electrons. The fraction of sp³-hybridized carbons (Fsp3) is 0.588. The van der Waals surface area contributed by atoms with Crippen LogP contribution in [-0.2, 0) is 6.42 Å². The van der Waals surface area contributed by atoms with E-state index in [1.54, 1.807) is 0 Å². The molecule has 1 aromatic carbocycles. The van der Waals surface area contributed by atoms with Crippen molar-refractivity contribution in [2.45, 2.75) is 51.7 Å². The second-order valence-corrected chi connectivity index (χ2v) is 6.83. The first-order chi connectivity index (χ1) is 9.87. The number of aliphatic hydroxyl groups is 1. The smallest absolute Gasteiger partial charge is 0.163 e. The molecule has 21 heavy (non-hydrogen) atoms. The molecular formula is C17H26NO3+. The van der Waals surface area contributed by atoms with Gasteiger partial charge in [0.25, 0.3) is 0 Å². The van der Waals surface area contributed by atoms with Gasteiger partial charge in [-0.3, -0.25) is 4.79 Å². The van der Waals surface area contributed by atoms with Crippen LogP contribution in [0.3, 0.4) is 0 Å². The molecule has 3 N–H and O–H groups in total. The van der Waals surface area contributed by atoms with E-state index in [2.05, 4.69) is 26.1 Å². The van der Waals surface area contributed by atoms with E-state index in [1.165, 1.54) is 0 Å². The average molecular weight is 292 g/mol. The van der Waals surface area contributed by atoms with Crippen molar-refractivity contribution in [2.24, 2.45) is 0 Å². The molecule has 0 spiro atoms. The van der Waals surface area contributed by atoms with Crippen LogP contribution in [-0.4, -0.2) is 35.7 Å². The Kier molecular flexibility index (Phi) is 5.01. The Hall–Kier alpha value is -1.39. The van der Waals surface area contributed by atoms with Crippen molar-refractivity contribution in [1.82, 2.24) is 0 Å². The van der Waals surface area contributed by atoms with Crippen molar-refractivity contribution in [1.29, 1.82) is 0 Å². The molecule has 1 aliphatic rings. The molecule has 0 saturated heterocycles. The Balaban J connectivity index is 1.95. The van der Waals surface area contributed by atoms with E-state index >= 15 is 0 Å². The molecule has 0 aliphatic heterocycles. The van der Waals surface area contributed by atoms with Crippen molar-refractivity contribution < 1.29 is 20.0 Å². The summed E-state index contributed by atoms with van der Waals surface area (Å²) in [4.78, 5) is 11.9. The summed E-state index contributed by atoms with van der Waals surface area (Å²) in [5.74, 6) is 0.943. The molecule has 4 heteroatoms. The molecule has 0 bridgehead atoms. The standard InChI is InChI=1S/C17H25NO3/c1-17(2,3)18-10-12(19)11-21-16-9-5-6-13-14(16)7-4-8-15(13)20/h5-6,9,12,18-19H,4,7-8,10-11H2,1-3H3/p+1/t12-/m0/s1. The molecule has 0 saturated carbocycles. The lowest BCUT2D eigenvalue weighted by atomic mass is 9.90. The minimum Gasteiger partial charge on any atom is -0.490 e. The van der Waals surface area contributed by atoms with Crippen LogP contribution in [0.2, 0.25) is 0 Å². The number of Topliss-reactive ketones (excluding diaryl/α,β-unsaturated/α-hetero) is 1. The van der Waals surface area contributed by atoms with Crippen molar-refractivity contribution in [3.8, 4) is 5.75 Å². The Labute approximate surface area is 126 Å². The third kappa shape index (κ3) is 4.55. The van der Waals surface area contributed by atoms with Crippen molar-refractivity contribution in [2.75, 3.05) is 13.2 Å². The van der Waals surface area contributed by atoms with Gasteiger partial charge in [-0.1, -0.05) is 12.1 Å². The number of rotatable bonds is 5. The van der Waals surface area contributed by atoms with Gasteiger partial charge in [0.15, 0.2) is 5.78 Å². The summed E-state index contributed by atoms with van der Waals surface area (Å²) in [5.41, 5.74) is 1.88. The van der Waals surface area contributed by atoms with E-state index in [4.69, 9.17) is 4.74 Å². The maximum absolute atomic E-state index is 11.9. The van der Waals surface area contributed by atoms with Crippen molar-refractivity contribution in [3.05, 3.63) is 29.3 Å². The van der Waals surface area contributed by atoms with Gasteiger partial charge in [-0.15, -0.1) is 0 Å². The Morgan fingerprint density at radius 3 is 2.81 bits per heavy atom. The fourth-order valence-electron chi connectivity index (χ4n) is 2.52. The lowest BCUT2D eigenvalue weighted by Crippen LogP contribution is -2.96. The number of carbonyl (C=O) groups excluding carboxylic acids is 1. The van der Waals surface area contributed by atoms with Gasteiger partial charge < -0.3 is 15.2 Å². The van der Waals surface area contributed by atoms with Crippen LogP contribution in [0.5, 0.6) is 5.75 Å². The summed E-state index contributed by atoms with van der Waals surface area (Å²) in [6.45, 7) is 7.20. The van der Waals surface area contributed by atoms with Gasteiger partial charge in [0.1, 0.15) is 25.0 Å². The molecule has 1 aromatic rings. The zero-order valence-electron chi connectivity index (χ0n) is 13.2. The van der Waals surface area contributed by atoms with Crippen LogP contribution in [0.25, 0.3) is 0 Å². The summed E-state index contributed by atoms with van der Waals surface area (Å²) < 4.78 is 5.76. The van der Waals surface area contributed by atoms with Crippen LogP contribution >= 0.6 is 0 Å². The number of nitrogens with two attached hydrogens (primary N) is 1. The van der Waals surface area contributed by atoms with Gasteiger partial charge >= 0.3 is 0 Å². The quantitative estimate of drug-likeness (QED) is 0.860. The molecule has 116 valence electrons. The van der Waals surface area contributed by atoms with Gasteiger partial charge in [-0.25, -0.2) is 0 Å². The fourth-order valence-corrected chi connectivity index (χ4v) is 2.52. The molecular weight excluding hydrogens is 266 g/mol. The lowest BCUT2D eigenvalue weighted by Gasteiger charge is -2.21. The van der Waals surface area contributed by atoms with Crippen LogP contribution < -0.4 is 10.1 Å². The number of ketones is 1. The number of fused-ring (bicyclic) bond motifs is 1. The van der Waals surface area contributed by atoms with E-state index in [1.807, 2.05) is 18.2 Å². The summed E-state index contributed by atoms with van der Waals surface area (Å²) in [7, 11) is 0. The summed E-state index contributed by atoms with van der Waals surface area (Å²) in [6.07, 6.45) is 1.87. The topological polar surface area (TPSA) is 63.1 Å². The molecule has 0 amide bonds. The van der Waals surface area contributed by atoms with E-state index in [9.17, 15) is 9.90 Å². The first-order valence-corrected chi connectivity index (χ1v) is 7.67. The zero-order chi connectivity index (χ0) is 15.5. The monoisotopic (exact) mass is 292 g/mol. The Morgan fingerprint density at radius 1 is 1.33 bits per heavy atom. The Bertz CT molecular complexity index is 505. The van der Waals surface area contributed by atoms with Crippen molar-refractivity contribution in [3.63, 3.8) is 0 Å². The van der Waals surface area contributed by atoms with Crippen LogP contribution in [0.4, 0.5) is 0 Å². The van der Waals surface area contributed by atoms with Crippen molar-refractivity contribution >= 4 is 5.78 Å². The second kappa shape index (κ2) is 6.58. The first kappa shape index (κ1) is 16.0. The predicted octanol–water partition coefficient (Wildman–Crippen LogP) is 1.31. The Morgan fingerprint density at radius 2 is 2.10 bits per heavy atom. The number of ether oxygens (including phenoxy) is 1. The summed E-state index contributed by atoms with van der Waals surface area (Å²) in [5, 5.41) is 12.1. The number of quaternary nitrogens is 1. The van der Waals surface area contributed by atoms with E-state index in [0.717, 1.165) is 29.7 Å². The normalized spacial score (nSPS) is 16.5. The predicted molar refractivity (Wildman–Crippen MR) is 81.8 cm³/mol. The summed E-state index contributed by atoms with van der Waals surface area (Å²) >= 11 is 0. The number of carbonyl (C=O) groups is 1.